The lowest BCUT2D eigenvalue weighted by Gasteiger charge is -2.36. The van der Waals surface area contributed by atoms with E-state index in [0.29, 0.717) is 5.56 Å². The van der Waals surface area contributed by atoms with Gasteiger partial charge in [0.15, 0.2) is 0 Å². The van der Waals surface area contributed by atoms with Crippen molar-refractivity contribution in [1.29, 1.82) is 0 Å². The molecular weight excluding hydrogens is 345 g/mol. The van der Waals surface area contributed by atoms with E-state index in [4.69, 9.17) is 0 Å². The van der Waals surface area contributed by atoms with Crippen LogP contribution in [0.15, 0.2) is 24.3 Å². The number of amides is 2. The van der Waals surface area contributed by atoms with E-state index in [-0.39, 0.29) is 36.1 Å². The molecule has 5 nitrogen and oxygen atoms in total. The van der Waals surface area contributed by atoms with Crippen LogP contribution in [0.2, 0.25) is 0 Å². The number of halogens is 1. The molecule has 27 heavy (non-hydrogen) atoms. The number of rotatable bonds is 8. The van der Waals surface area contributed by atoms with Crippen molar-refractivity contribution in [3.8, 4) is 0 Å². The van der Waals surface area contributed by atoms with E-state index in [1.54, 1.807) is 18.2 Å². The molecule has 150 valence electrons. The Morgan fingerprint density at radius 1 is 1.30 bits per heavy atom. The molecule has 0 saturated carbocycles. The van der Waals surface area contributed by atoms with Crippen LogP contribution in [-0.2, 0) is 16.1 Å². The number of unbranched alkanes of at least 4 members (excludes halogenated alkanes) is 1. The third-order valence-corrected chi connectivity index (χ3v) is 5.44. The van der Waals surface area contributed by atoms with Gasteiger partial charge in [-0.2, -0.15) is 0 Å². The van der Waals surface area contributed by atoms with Crippen LogP contribution in [0.1, 0.15) is 45.1 Å². The van der Waals surface area contributed by atoms with Crippen LogP contribution < -0.4 is 5.32 Å². The molecule has 0 spiro atoms. The van der Waals surface area contributed by atoms with Crippen molar-refractivity contribution < 1.29 is 14.0 Å². The first-order valence-electron chi connectivity index (χ1n) is 9.94. The average molecular weight is 378 g/mol. The summed E-state index contributed by atoms with van der Waals surface area (Å²) in [6, 6.07) is 6.17. The second-order valence-corrected chi connectivity index (χ2v) is 7.41. The number of nitrogens with zero attached hydrogens (tertiary/aromatic N) is 2. The Hall–Kier alpha value is -1.95. The topological polar surface area (TPSA) is 52.7 Å². The highest BCUT2D eigenvalue weighted by Crippen LogP contribution is 2.21. The van der Waals surface area contributed by atoms with E-state index in [1.165, 1.54) is 6.07 Å². The van der Waals surface area contributed by atoms with Gasteiger partial charge in [-0.05, 0) is 45.3 Å². The maximum absolute atomic E-state index is 13.7. The lowest BCUT2D eigenvalue weighted by molar-refractivity contribution is -0.136. The Morgan fingerprint density at radius 2 is 1.96 bits per heavy atom. The molecule has 0 aromatic heterocycles. The van der Waals surface area contributed by atoms with Gasteiger partial charge in [0.05, 0.1) is 6.04 Å². The minimum absolute atomic E-state index is 0.0526. The molecular formula is C21H32FN3O2. The van der Waals surface area contributed by atoms with Crippen LogP contribution in [-0.4, -0.2) is 54.3 Å². The Bertz CT molecular complexity index is 630. The van der Waals surface area contributed by atoms with E-state index in [0.717, 1.165) is 45.3 Å². The van der Waals surface area contributed by atoms with Crippen molar-refractivity contribution >= 4 is 11.8 Å². The molecule has 0 aliphatic carbocycles. The van der Waals surface area contributed by atoms with Gasteiger partial charge in [0.2, 0.25) is 11.8 Å². The molecule has 1 heterocycles. The van der Waals surface area contributed by atoms with Crippen molar-refractivity contribution in [2.75, 3.05) is 26.7 Å². The number of nitrogens with one attached hydrogen (secondary N) is 1. The van der Waals surface area contributed by atoms with Crippen molar-refractivity contribution in [3.05, 3.63) is 35.6 Å². The van der Waals surface area contributed by atoms with Crippen LogP contribution in [0.5, 0.6) is 0 Å². The summed E-state index contributed by atoms with van der Waals surface area (Å²) in [4.78, 5) is 28.9. The molecule has 0 bridgehead atoms. The van der Waals surface area contributed by atoms with E-state index >= 15 is 0 Å². The number of carbonyl (C=O) groups excluding carboxylic acids is 2. The Balaban J connectivity index is 1.78. The molecule has 1 unspecified atom stereocenters. The molecule has 1 aliphatic rings. The van der Waals surface area contributed by atoms with Gasteiger partial charge in [-0.25, -0.2) is 4.39 Å². The van der Waals surface area contributed by atoms with Gasteiger partial charge in [0, 0.05) is 31.6 Å². The summed E-state index contributed by atoms with van der Waals surface area (Å²) in [6.45, 7) is 6.44. The smallest absolute Gasteiger partial charge is 0.237 e. The van der Waals surface area contributed by atoms with Gasteiger partial charge in [-0.3, -0.25) is 14.5 Å². The predicted molar refractivity (Wildman–Crippen MR) is 105 cm³/mol. The minimum Gasteiger partial charge on any atom is -0.351 e. The van der Waals surface area contributed by atoms with E-state index in [2.05, 4.69) is 17.1 Å². The summed E-state index contributed by atoms with van der Waals surface area (Å²) in [5.74, 6) is -0.142. The Kier molecular flexibility index (Phi) is 8.23. The third-order valence-electron chi connectivity index (χ3n) is 5.44. The van der Waals surface area contributed by atoms with Crippen molar-refractivity contribution in [2.45, 2.75) is 52.1 Å². The highest BCUT2D eigenvalue weighted by Gasteiger charge is 2.30. The van der Waals surface area contributed by atoms with Crippen LogP contribution in [0.3, 0.4) is 0 Å². The maximum atomic E-state index is 13.7. The number of hydrogen-bond donors (Lipinski definition) is 1. The summed E-state index contributed by atoms with van der Waals surface area (Å²) in [7, 11) is 1.88. The molecule has 1 saturated heterocycles. The quantitative estimate of drug-likeness (QED) is 0.758. The van der Waals surface area contributed by atoms with Gasteiger partial charge in [-0.1, -0.05) is 31.5 Å². The fourth-order valence-electron chi connectivity index (χ4n) is 3.49. The summed E-state index contributed by atoms with van der Waals surface area (Å²) in [5.41, 5.74) is 0.484. The van der Waals surface area contributed by atoms with Crippen LogP contribution >= 0.6 is 0 Å². The lowest BCUT2D eigenvalue weighted by atomic mass is 9.94. The highest BCUT2D eigenvalue weighted by atomic mass is 19.1. The molecule has 0 radical (unpaired) electrons. The SMILES string of the molecule is CCCCN(C)C(=O)C1CCN(C(C)C(=O)NCc2ccccc2F)CC1. The van der Waals surface area contributed by atoms with E-state index < -0.39 is 0 Å². The van der Waals surface area contributed by atoms with Gasteiger partial charge in [-0.15, -0.1) is 0 Å². The standard InChI is InChI=1S/C21H32FN3O2/c1-4-5-12-24(3)21(27)17-10-13-25(14-11-17)16(2)20(26)23-15-18-8-6-7-9-19(18)22/h6-9,16-17H,4-5,10-15H2,1-3H3,(H,23,26). The van der Waals surface area contributed by atoms with Gasteiger partial charge in [0.1, 0.15) is 5.82 Å². The largest absolute Gasteiger partial charge is 0.351 e. The second kappa shape index (κ2) is 10.4. The first-order chi connectivity index (χ1) is 12.9. The number of likely N-dealkylation sites (tertiary alicyclic amines) is 1. The number of carbonyl (C=O) groups is 2. The Morgan fingerprint density at radius 3 is 2.59 bits per heavy atom. The molecule has 6 heteroatoms. The molecule has 1 aromatic carbocycles. The van der Waals surface area contributed by atoms with Gasteiger partial charge < -0.3 is 10.2 Å². The monoisotopic (exact) mass is 377 g/mol. The van der Waals surface area contributed by atoms with Crippen LogP contribution in [0, 0.1) is 11.7 Å². The first-order valence-corrected chi connectivity index (χ1v) is 9.94. The van der Waals surface area contributed by atoms with Crippen LogP contribution in [0.4, 0.5) is 4.39 Å². The highest BCUT2D eigenvalue weighted by molar-refractivity contribution is 5.81. The fraction of sp³-hybridized carbons (Fsp3) is 0.619. The molecule has 2 amide bonds. The second-order valence-electron chi connectivity index (χ2n) is 7.41. The molecule has 1 aromatic rings. The number of piperidine rings is 1. The zero-order chi connectivity index (χ0) is 19.8. The Labute approximate surface area is 161 Å². The van der Waals surface area contributed by atoms with Crippen LogP contribution in [0.25, 0.3) is 0 Å². The maximum Gasteiger partial charge on any atom is 0.237 e. The molecule has 1 atom stereocenters. The van der Waals surface area contributed by atoms with Crippen molar-refractivity contribution in [2.24, 2.45) is 5.92 Å². The van der Waals surface area contributed by atoms with Gasteiger partial charge in [0.25, 0.3) is 0 Å². The average Bonchev–Trinajstić information content (AvgIpc) is 2.70. The summed E-state index contributed by atoms with van der Waals surface area (Å²) in [5, 5.41) is 2.82. The normalized spacial score (nSPS) is 16.7. The zero-order valence-corrected chi connectivity index (χ0v) is 16.7. The number of hydrogen-bond acceptors (Lipinski definition) is 3. The van der Waals surface area contributed by atoms with Crippen molar-refractivity contribution in [3.63, 3.8) is 0 Å². The predicted octanol–water partition coefficient (Wildman–Crippen LogP) is 2.80. The van der Waals surface area contributed by atoms with Crippen molar-refractivity contribution in [1.82, 2.24) is 15.1 Å². The van der Waals surface area contributed by atoms with E-state index in [9.17, 15) is 14.0 Å². The zero-order valence-electron chi connectivity index (χ0n) is 16.7. The summed E-state index contributed by atoms with van der Waals surface area (Å²) >= 11 is 0. The van der Waals surface area contributed by atoms with Gasteiger partial charge >= 0.3 is 0 Å². The minimum atomic E-state index is -0.308. The molecule has 1 N–H and O–H groups in total. The molecule has 1 fully saturated rings. The summed E-state index contributed by atoms with van der Waals surface area (Å²) in [6.07, 6.45) is 3.66. The first kappa shape index (κ1) is 21.4. The molecule has 1 aliphatic heterocycles. The molecule has 2 rings (SSSR count). The lowest BCUT2D eigenvalue weighted by Crippen LogP contribution is -2.49. The van der Waals surface area contributed by atoms with E-state index in [1.807, 2.05) is 18.9 Å². The summed E-state index contributed by atoms with van der Waals surface area (Å²) < 4.78 is 13.7. The fourth-order valence-corrected chi connectivity index (χ4v) is 3.49. The number of benzene rings is 1. The third kappa shape index (κ3) is 6.03.